The number of hydrogen-bond acceptors (Lipinski definition) is 5. The van der Waals surface area contributed by atoms with Gasteiger partial charge in [0.15, 0.2) is 0 Å². The molecule has 3 rings (SSSR count). The highest BCUT2D eigenvalue weighted by Gasteiger charge is 2.27. The summed E-state index contributed by atoms with van der Waals surface area (Å²) in [6.45, 7) is 5.27. The maximum atomic E-state index is 13.2. The highest BCUT2D eigenvalue weighted by molar-refractivity contribution is 7.89. The quantitative estimate of drug-likeness (QED) is 0.496. The number of anilines is 1. The van der Waals surface area contributed by atoms with Crippen molar-refractivity contribution < 1.29 is 18.0 Å². The van der Waals surface area contributed by atoms with E-state index in [1.54, 1.807) is 39.0 Å². The van der Waals surface area contributed by atoms with Gasteiger partial charge in [-0.05, 0) is 75.6 Å². The van der Waals surface area contributed by atoms with Gasteiger partial charge in [0.25, 0.3) is 0 Å². The SMILES string of the molecule is CC(C)(C)NS(=O)(=O)c1ccc(NC(=O)C(Cc2cccc(C#N)c2)NC(=O)C2CCCCC2)cc1. The first-order chi connectivity index (χ1) is 17.0. The molecule has 3 N–H and O–H groups in total. The molecule has 8 nitrogen and oxygen atoms in total. The van der Waals surface area contributed by atoms with E-state index in [-0.39, 0.29) is 23.1 Å². The molecule has 2 aromatic rings. The molecule has 0 bridgehead atoms. The van der Waals surface area contributed by atoms with E-state index in [9.17, 15) is 23.3 Å². The van der Waals surface area contributed by atoms with Crippen molar-refractivity contribution in [2.24, 2.45) is 5.92 Å². The number of carbonyl (C=O) groups excluding carboxylic acids is 2. The highest BCUT2D eigenvalue weighted by atomic mass is 32.2. The van der Waals surface area contributed by atoms with E-state index in [4.69, 9.17) is 0 Å². The van der Waals surface area contributed by atoms with Gasteiger partial charge < -0.3 is 10.6 Å². The Hall–Kier alpha value is -3.22. The van der Waals surface area contributed by atoms with Crippen LogP contribution in [0, 0.1) is 17.2 Å². The number of amides is 2. The fraction of sp³-hybridized carbons (Fsp3) is 0.444. The highest BCUT2D eigenvalue weighted by Crippen LogP contribution is 2.24. The summed E-state index contributed by atoms with van der Waals surface area (Å²) in [6.07, 6.45) is 4.95. The first-order valence-electron chi connectivity index (χ1n) is 12.2. The Kier molecular flexibility index (Phi) is 8.88. The fourth-order valence-electron chi connectivity index (χ4n) is 4.28. The summed E-state index contributed by atoms with van der Waals surface area (Å²) in [7, 11) is -3.70. The molecule has 192 valence electrons. The largest absolute Gasteiger partial charge is 0.344 e. The van der Waals surface area contributed by atoms with Crippen LogP contribution in [0.2, 0.25) is 0 Å². The molecule has 1 saturated carbocycles. The lowest BCUT2D eigenvalue weighted by molar-refractivity contribution is -0.130. The lowest BCUT2D eigenvalue weighted by atomic mass is 9.88. The normalized spacial score (nSPS) is 15.5. The van der Waals surface area contributed by atoms with Gasteiger partial charge in [-0.1, -0.05) is 31.4 Å². The first kappa shape index (κ1) is 27.4. The Balaban J connectivity index is 1.76. The Morgan fingerprint density at radius 3 is 2.33 bits per heavy atom. The molecule has 0 heterocycles. The summed E-state index contributed by atoms with van der Waals surface area (Å²) in [5.41, 5.74) is 1.02. The number of nitriles is 1. The fourth-order valence-corrected chi connectivity index (χ4v) is 5.69. The van der Waals surface area contributed by atoms with Crippen molar-refractivity contribution in [3.63, 3.8) is 0 Å². The molecule has 2 aromatic carbocycles. The van der Waals surface area contributed by atoms with Gasteiger partial charge in [-0.2, -0.15) is 5.26 Å². The molecule has 0 aliphatic heterocycles. The molecule has 0 radical (unpaired) electrons. The van der Waals surface area contributed by atoms with Gasteiger partial charge in [-0.15, -0.1) is 0 Å². The van der Waals surface area contributed by atoms with Crippen LogP contribution in [-0.2, 0) is 26.0 Å². The third-order valence-electron chi connectivity index (χ3n) is 5.98. The number of carbonyl (C=O) groups is 2. The predicted molar refractivity (Wildman–Crippen MR) is 139 cm³/mol. The molecule has 2 amide bonds. The van der Waals surface area contributed by atoms with Crippen LogP contribution in [0.25, 0.3) is 0 Å². The van der Waals surface area contributed by atoms with Gasteiger partial charge in [-0.25, -0.2) is 13.1 Å². The van der Waals surface area contributed by atoms with Crippen LogP contribution in [0.4, 0.5) is 5.69 Å². The van der Waals surface area contributed by atoms with Crippen molar-refractivity contribution >= 4 is 27.5 Å². The van der Waals surface area contributed by atoms with Crippen molar-refractivity contribution in [2.45, 2.75) is 75.8 Å². The van der Waals surface area contributed by atoms with Crippen LogP contribution in [0.1, 0.15) is 64.0 Å². The summed E-state index contributed by atoms with van der Waals surface area (Å²) in [5.74, 6) is -0.662. The van der Waals surface area contributed by atoms with E-state index in [0.717, 1.165) is 37.7 Å². The van der Waals surface area contributed by atoms with E-state index >= 15 is 0 Å². The lowest BCUT2D eigenvalue weighted by Crippen LogP contribution is -2.47. The van der Waals surface area contributed by atoms with E-state index in [1.807, 2.05) is 6.07 Å². The number of hydrogen-bond donors (Lipinski definition) is 3. The second kappa shape index (κ2) is 11.7. The molecular weight excluding hydrogens is 476 g/mol. The lowest BCUT2D eigenvalue weighted by Gasteiger charge is -2.25. The predicted octanol–water partition coefficient (Wildman–Crippen LogP) is 3.88. The number of nitrogens with zero attached hydrogens (tertiary/aromatic N) is 1. The van der Waals surface area contributed by atoms with Gasteiger partial charge in [0.2, 0.25) is 21.8 Å². The Bertz CT molecular complexity index is 1220. The van der Waals surface area contributed by atoms with Crippen LogP contribution < -0.4 is 15.4 Å². The molecule has 0 saturated heterocycles. The van der Waals surface area contributed by atoms with E-state index in [1.165, 1.54) is 24.3 Å². The van der Waals surface area contributed by atoms with Gasteiger partial charge in [0.05, 0.1) is 16.5 Å². The Morgan fingerprint density at radius 1 is 1.06 bits per heavy atom. The summed E-state index contributed by atoms with van der Waals surface area (Å²) in [6, 6.07) is 14.1. The van der Waals surface area contributed by atoms with Crippen molar-refractivity contribution in [1.29, 1.82) is 5.26 Å². The zero-order valence-electron chi connectivity index (χ0n) is 21.0. The molecular formula is C27H34N4O4S. The standard InChI is InChI=1S/C27H34N4O4S/c1-27(2,3)31-36(34,35)23-14-12-22(13-15-23)29-26(33)24(17-19-8-7-9-20(16-19)18-28)30-25(32)21-10-5-4-6-11-21/h7-9,12-16,21,24,31H,4-6,10-11,17H2,1-3H3,(H,29,33)(H,30,32). The zero-order chi connectivity index (χ0) is 26.3. The van der Waals surface area contributed by atoms with Gasteiger partial charge in [0.1, 0.15) is 6.04 Å². The molecule has 1 fully saturated rings. The maximum Gasteiger partial charge on any atom is 0.247 e. The molecule has 1 aliphatic carbocycles. The number of sulfonamides is 1. The smallest absolute Gasteiger partial charge is 0.247 e. The van der Waals surface area contributed by atoms with Gasteiger partial charge in [0, 0.05) is 23.6 Å². The van der Waals surface area contributed by atoms with Crippen molar-refractivity contribution in [3.05, 3.63) is 59.7 Å². The molecule has 9 heteroatoms. The second-order valence-corrected chi connectivity index (χ2v) is 12.0. The van der Waals surface area contributed by atoms with Crippen LogP contribution in [-0.4, -0.2) is 31.8 Å². The third-order valence-corrected chi connectivity index (χ3v) is 7.75. The topological polar surface area (TPSA) is 128 Å². The molecule has 0 spiro atoms. The monoisotopic (exact) mass is 510 g/mol. The van der Waals surface area contributed by atoms with Crippen molar-refractivity contribution in [1.82, 2.24) is 10.0 Å². The van der Waals surface area contributed by atoms with Gasteiger partial charge >= 0.3 is 0 Å². The molecule has 0 aromatic heterocycles. The molecule has 1 unspecified atom stereocenters. The minimum Gasteiger partial charge on any atom is -0.344 e. The number of nitrogens with one attached hydrogen (secondary N) is 3. The van der Waals surface area contributed by atoms with Crippen LogP contribution >= 0.6 is 0 Å². The van der Waals surface area contributed by atoms with Crippen LogP contribution in [0.3, 0.4) is 0 Å². The number of rotatable bonds is 8. The summed E-state index contributed by atoms with van der Waals surface area (Å²) >= 11 is 0. The minimum absolute atomic E-state index is 0.0888. The minimum atomic E-state index is -3.70. The third kappa shape index (κ3) is 7.90. The Labute approximate surface area is 213 Å². The van der Waals surface area contributed by atoms with Crippen LogP contribution in [0.15, 0.2) is 53.4 Å². The summed E-state index contributed by atoms with van der Waals surface area (Å²) in [4.78, 5) is 26.3. The van der Waals surface area contributed by atoms with E-state index < -0.39 is 27.5 Å². The van der Waals surface area contributed by atoms with Gasteiger partial charge in [-0.3, -0.25) is 9.59 Å². The summed E-state index contributed by atoms with van der Waals surface area (Å²) < 4.78 is 27.7. The van der Waals surface area contributed by atoms with Crippen molar-refractivity contribution in [2.75, 3.05) is 5.32 Å². The second-order valence-electron chi connectivity index (χ2n) is 10.3. The average molecular weight is 511 g/mol. The zero-order valence-corrected chi connectivity index (χ0v) is 21.8. The van der Waals surface area contributed by atoms with E-state index in [0.29, 0.717) is 11.3 Å². The molecule has 36 heavy (non-hydrogen) atoms. The van der Waals surface area contributed by atoms with Crippen molar-refractivity contribution in [3.8, 4) is 6.07 Å². The maximum absolute atomic E-state index is 13.2. The van der Waals surface area contributed by atoms with Crippen LogP contribution in [0.5, 0.6) is 0 Å². The Morgan fingerprint density at radius 2 is 1.72 bits per heavy atom. The molecule has 1 atom stereocenters. The average Bonchev–Trinajstić information content (AvgIpc) is 2.83. The number of benzene rings is 2. The first-order valence-corrected chi connectivity index (χ1v) is 13.7. The molecule has 1 aliphatic rings. The van der Waals surface area contributed by atoms with E-state index in [2.05, 4.69) is 21.4 Å². The summed E-state index contributed by atoms with van der Waals surface area (Å²) in [5, 5.41) is 14.9.